The minimum Gasteiger partial charge on any atom is -0.497 e. The van der Waals surface area contributed by atoms with Gasteiger partial charge in [0.2, 0.25) is 0 Å². The molecule has 2 aromatic rings. The highest BCUT2D eigenvalue weighted by Gasteiger charge is 2.14. The molecule has 0 bridgehead atoms. The van der Waals surface area contributed by atoms with Crippen LogP contribution in [0.4, 0.5) is 10.1 Å². The van der Waals surface area contributed by atoms with Crippen molar-refractivity contribution in [1.82, 2.24) is 4.98 Å². The number of benzene rings is 1. The predicted molar refractivity (Wildman–Crippen MR) is 72.1 cm³/mol. The number of amides is 1. The normalized spacial score (nSPS) is 10.0. The third-order valence-electron chi connectivity index (χ3n) is 2.66. The van der Waals surface area contributed by atoms with Gasteiger partial charge in [-0.1, -0.05) is 0 Å². The zero-order chi connectivity index (χ0) is 15.4. The summed E-state index contributed by atoms with van der Waals surface area (Å²) in [6, 6.07) is 6.41. The van der Waals surface area contributed by atoms with E-state index in [4.69, 9.17) is 9.84 Å². The fraction of sp³-hybridized carbons (Fsp3) is 0.0714. The molecular weight excluding hydrogens is 279 g/mol. The first-order chi connectivity index (χ1) is 10.0. The number of carbonyl (C=O) groups is 2. The summed E-state index contributed by atoms with van der Waals surface area (Å²) < 4.78 is 18.6. The maximum absolute atomic E-state index is 13.8. The number of aromatic carboxylic acids is 1. The highest BCUT2D eigenvalue weighted by atomic mass is 19.1. The molecule has 0 aliphatic rings. The van der Waals surface area contributed by atoms with Gasteiger partial charge in [-0.25, -0.2) is 14.2 Å². The van der Waals surface area contributed by atoms with Crippen LogP contribution in [0.3, 0.4) is 0 Å². The van der Waals surface area contributed by atoms with Crippen molar-refractivity contribution in [2.75, 3.05) is 12.4 Å². The minimum absolute atomic E-state index is 0.176. The quantitative estimate of drug-likeness (QED) is 0.901. The number of hydrogen-bond acceptors (Lipinski definition) is 4. The average Bonchev–Trinajstić information content (AvgIpc) is 2.47. The van der Waals surface area contributed by atoms with E-state index in [1.165, 1.54) is 37.6 Å². The van der Waals surface area contributed by atoms with Crippen LogP contribution < -0.4 is 10.1 Å². The molecule has 1 amide bonds. The van der Waals surface area contributed by atoms with E-state index in [1.807, 2.05) is 0 Å². The largest absolute Gasteiger partial charge is 0.497 e. The second kappa shape index (κ2) is 6.00. The minimum atomic E-state index is -1.22. The summed E-state index contributed by atoms with van der Waals surface area (Å²) in [5, 5.41) is 11.2. The van der Waals surface area contributed by atoms with Crippen LogP contribution in [0.5, 0.6) is 5.75 Å². The molecule has 0 aliphatic heterocycles. The molecule has 0 spiro atoms. The maximum Gasteiger partial charge on any atom is 0.354 e. The van der Waals surface area contributed by atoms with Crippen molar-refractivity contribution in [1.29, 1.82) is 0 Å². The third kappa shape index (κ3) is 3.33. The summed E-state index contributed by atoms with van der Waals surface area (Å²) in [4.78, 5) is 26.4. The number of ether oxygens (including phenoxy) is 1. The summed E-state index contributed by atoms with van der Waals surface area (Å²) in [6.07, 6.45) is 1.24. The van der Waals surface area contributed by atoms with Crippen LogP contribution in [-0.4, -0.2) is 29.1 Å². The first kappa shape index (κ1) is 14.4. The molecule has 0 radical (unpaired) electrons. The lowest BCUT2D eigenvalue weighted by atomic mass is 10.2. The molecule has 0 unspecified atom stereocenters. The lowest BCUT2D eigenvalue weighted by Gasteiger charge is -2.07. The van der Waals surface area contributed by atoms with Crippen LogP contribution in [0.1, 0.15) is 20.8 Å². The summed E-state index contributed by atoms with van der Waals surface area (Å²) in [5.74, 6) is -2.36. The number of halogens is 1. The second-order valence-electron chi connectivity index (χ2n) is 4.03. The first-order valence-electron chi connectivity index (χ1n) is 5.85. The number of carboxylic acids is 1. The van der Waals surface area contributed by atoms with Gasteiger partial charge in [0.05, 0.1) is 12.7 Å². The van der Waals surface area contributed by atoms with Crippen molar-refractivity contribution in [3.05, 3.63) is 53.6 Å². The molecule has 6 nitrogen and oxygen atoms in total. The molecule has 21 heavy (non-hydrogen) atoms. The van der Waals surface area contributed by atoms with Gasteiger partial charge in [0.15, 0.2) is 0 Å². The summed E-state index contributed by atoms with van der Waals surface area (Å²) in [6.45, 7) is 0. The number of rotatable bonds is 4. The molecule has 7 heteroatoms. The monoisotopic (exact) mass is 290 g/mol. The molecule has 0 fully saturated rings. The molecule has 1 aromatic heterocycles. The van der Waals surface area contributed by atoms with Gasteiger partial charge in [0.25, 0.3) is 5.91 Å². The Labute approximate surface area is 119 Å². The molecule has 2 N–H and O–H groups in total. The van der Waals surface area contributed by atoms with Gasteiger partial charge in [0.1, 0.15) is 17.3 Å². The molecule has 0 saturated carbocycles. The molecule has 2 rings (SSSR count). The Morgan fingerprint density at radius 2 is 2.05 bits per heavy atom. The highest BCUT2D eigenvalue weighted by Crippen LogP contribution is 2.18. The summed E-state index contributed by atoms with van der Waals surface area (Å²) in [7, 11) is 1.39. The summed E-state index contributed by atoms with van der Waals surface area (Å²) >= 11 is 0. The molecule has 108 valence electrons. The lowest BCUT2D eigenvalue weighted by molar-refractivity contribution is 0.0690. The predicted octanol–water partition coefficient (Wildman–Crippen LogP) is 2.18. The van der Waals surface area contributed by atoms with Gasteiger partial charge in [0, 0.05) is 18.0 Å². The van der Waals surface area contributed by atoms with Crippen molar-refractivity contribution in [2.45, 2.75) is 0 Å². The van der Waals surface area contributed by atoms with E-state index < -0.39 is 17.7 Å². The van der Waals surface area contributed by atoms with Crippen LogP contribution in [0.15, 0.2) is 36.5 Å². The Hall–Kier alpha value is -2.96. The van der Waals surface area contributed by atoms with Gasteiger partial charge < -0.3 is 15.2 Å². The van der Waals surface area contributed by atoms with Gasteiger partial charge in [-0.3, -0.25) is 4.79 Å². The summed E-state index contributed by atoms with van der Waals surface area (Å²) in [5.41, 5.74) is -0.185. The SMILES string of the molecule is COc1ccc(C(=O)Nc2ccnc(C(=O)O)c2)c(F)c1. The molecule has 0 aliphatic carbocycles. The number of anilines is 1. The van der Waals surface area contributed by atoms with Crippen molar-refractivity contribution >= 4 is 17.6 Å². The Bertz CT molecular complexity index is 703. The number of hydrogen-bond donors (Lipinski definition) is 2. The van der Waals surface area contributed by atoms with E-state index >= 15 is 0 Å². The van der Waals surface area contributed by atoms with Crippen molar-refractivity contribution in [2.24, 2.45) is 0 Å². The number of nitrogens with one attached hydrogen (secondary N) is 1. The fourth-order valence-electron chi connectivity index (χ4n) is 1.63. The van der Waals surface area contributed by atoms with Gasteiger partial charge in [-0.05, 0) is 24.3 Å². The van der Waals surface area contributed by atoms with Crippen LogP contribution in [0.25, 0.3) is 0 Å². The molecule has 1 aromatic carbocycles. The Morgan fingerprint density at radius 3 is 2.67 bits per heavy atom. The number of carboxylic acid groups (broad SMARTS) is 1. The first-order valence-corrected chi connectivity index (χ1v) is 5.85. The zero-order valence-corrected chi connectivity index (χ0v) is 11.0. The van der Waals surface area contributed by atoms with Crippen molar-refractivity contribution in [3.63, 3.8) is 0 Å². The Balaban J connectivity index is 2.22. The highest BCUT2D eigenvalue weighted by molar-refractivity contribution is 6.04. The van der Waals surface area contributed by atoms with Crippen LogP contribution in [0.2, 0.25) is 0 Å². The topological polar surface area (TPSA) is 88.5 Å². The van der Waals surface area contributed by atoms with E-state index in [0.717, 1.165) is 6.07 Å². The van der Waals surface area contributed by atoms with E-state index in [0.29, 0.717) is 5.75 Å². The zero-order valence-electron chi connectivity index (χ0n) is 11.0. The standard InChI is InChI=1S/C14H11FN2O4/c1-21-9-2-3-10(11(15)7-9)13(18)17-8-4-5-16-12(6-8)14(19)20/h2-7H,1H3,(H,19,20)(H,16,17,18). The molecule has 0 saturated heterocycles. The van der Waals surface area contributed by atoms with E-state index in [1.54, 1.807) is 0 Å². The molecule has 1 heterocycles. The Kier molecular flexibility index (Phi) is 4.13. The van der Waals surface area contributed by atoms with Crippen LogP contribution >= 0.6 is 0 Å². The number of pyridine rings is 1. The average molecular weight is 290 g/mol. The van der Waals surface area contributed by atoms with E-state index in [-0.39, 0.29) is 16.9 Å². The van der Waals surface area contributed by atoms with Gasteiger partial charge >= 0.3 is 5.97 Å². The molecular formula is C14H11FN2O4. The second-order valence-corrected chi connectivity index (χ2v) is 4.03. The number of methoxy groups -OCH3 is 1. The number of carbonyl (C=O) groups excluding carboxylic acids is 1. The van der Waals surface area contributed by atoms with Crippen LogP contribution in [-0.2, 0) is 0 Å². The third-order valence-corrected chi connectivity index (χ3v) is 2.66. The lowest BCUT2D eigenvalue weighted by Crippen LogP contribution is -2.14. The van der Waals surface area contributed by atoms with Crippen LogP contribution in [0, 0.1) is 5.82 Å². The van der Waals surface area contributed by atoms with Gasteiger partial charge in [-0.15, -0.1) is 0 Å². The number of nitrogens with zero attached hydrogens (tertiary/aromatic N) is 1. The van der Waals surface area contributed by atoms with Crippen molar-refractivity contribution < 1.29 is 23.8 Å². The van der Waals surface area contributed by atoms with Gasteiger partial charge in [-0.2, -0.15) is 0 Å². The smallest absolute Gasteiger partial charge is 0.354 e. The molecule has 0 atom stereocenters. The van der Waals surface area contributed by atoms with Crippen molar-refractivity contribution in [3.8, 4) is 5.75 Å². The maximum atomic E-state index is 13.8. The van der Waals surface area contributed by atoms with E-state index in [9.17, 15) is 14.0 Å². The number of aromatic nitrogens is 1. The Morgan fingerprint density at radius 1 is 1.29 bits per heavy atom. The fourth-order valence-corrected chi connectivity index (χ4v) is 1.63. The van der Waals surface area contributed by atoms with E-state index in [2.05, 4.69) is 10.3 Å².